The van der Waals surface area contributed by atoms with E-state index in [0.29, 0.717) is 11.2 Å². The number of benzene rings is 1. The number of pyridine rings is 1. The Bertz CT molecular complexity index is 654. The van der Waals surface area contributed by atoms with Gasteiger partial charge in [0, 0.05) is 18.0 Å². The molecule has 1 aromatic carbocycles. The average molecular weight is 288 g/mol. The molecule has 1 heterocycles. The van der Waals surface area contributed by atoms with Gasteiger partial charge in [0.25, 0.3) is 0 Å². The Kier molecular flexibility index (Phi) is 4.68. The van der Waals surface area contributed by atoms with Gasteiger partial charge >= 0.3 is 5.97 Å². The van der Waals surface area contributed by atoms with Crippen LogP contribution in [-0.4, -0.2) is 22.9 Å². The van der Waals surface area contributed by atoms with Crippen molar-refractivity contribution in [2.24, 2.45) is 11.5 Å². The van der Waals surface area contributed by atoms with Crippen molar-refractivity contribution in [3.05, 3.63) is 36.5 Å². The number of carbonyl (C=O) groups is 2. The number of nitrogens with one attached hydrogen (secondary N) is 1. The molecule has 7 nitrogen and oxygen atoms in total. The first kappa shape index (κ1) is 14.7. The van der Waals surface area contributed by atoms with Gasteiger partial charge in [0.1, 0.15) is 6.04 Å². The molecule has 0 saturated heterocycles. The van der Waals surface area contributed by atoms with Crippen LogP contribution in [0.25, 0.3) is 10.9 Å². The number of anilines is 1. The number of nitrogens with two attached hydrogens (primary N) is 2. The molecule has 0 fully saturated rings. The molecule has 0 saturated carbocycles. The normalized spacial score (nSPS) is 11.9. The van der Waals surface area contributed by atoms with Gasteiger partial charge in [0.15, 0.2) is 0 Å². The van der Waals surface area contributed by atoms with Crippen LogP contribution in [-0.2, 0) is 14.4 Å². The number of para-hydroxylation sites is 1. The topological polar surface area (TPSA) is 120 Å². The van der Waals surface area contributed by atoms with E-state index in [9.17, 15) is 9.59 Å². The molecule has 0 aliphatic rings. The van der Waals surface area contributed by atoms with Gasteiger partial charge in [-0.3, -0.25) is 9.78 Å². The highest BCUT2D eigenvalue weighted by atomic mass is 16.7. The molecule has 1 aromatic heterocycles. The number of nitrogens with zero attached hydrogens (tertiary/aromatic N) is 1. The third kappa shape index (κ3) is 3.90. The predicted octanol–water partition coefficient (Wildman–Crippen LogP) is 0.698. The van der Waals surface area contributed by atoms with Gasteiger partial charge in [0.05, 0.1) is 11.2 Å². The van der Waals surface area contributed by atoms with E-state index in [1.807, 2.05) is 24.3 Å². The zero-order valence-corrected chi connectivity index (χ0v) is 11.3. The summed E-state index contributed by atoms with van der Waals surface area (Å²) in [7, 11) is 0. The third-order valence-electron chi connectivity index (χ3n) is 2.90. The minimum absolute atomic E-state index is 0.0338. The molecule has 0 aliphatic heterocycles. The van der Waals surface area contributed by atoms with Crippen LogP contribution in [0, 0.1) is 0 Å². The molecule has 5 N–H and O–H groups in total. The zero-order chi connectivity index (χ0) is 15.2. The molecular formula is C14H16N4O3. The minimum Gasteiger partial charge on any atom is -0.370 e. The summed E-state index contributed by atoms with van der Waals surface area (Å²) in [5, 5.41) is 0.913. The van der Waals surface area contributed by atoms with E-state index in [0.717, 1.165) is 5.39 Å². The van der Waals surface area contributed by atoms with Crippen molar-refractivity contribution in [3.8, 4) is 0 Å². The van der Waals surface area contributed by atoms with Gasteiger partial charge in [-0.25, -0.2) is 10.3 Å². The van der Waals surface area contributed by atoms with E-state index < -0.39 is 17.9 Å². The first-order chi connectivity index (χ1) is 10.1. The summed E-state index contributed by atoms with van der Waals surface area (Å²) in [5.41, 5.74) is 14.4. The summed E-state index contributed by atoms with van der Waals surface area (Å²) in [6.45, 7) is 0. The SMILES string of the molecule is NC(=O)CC[C@H](N)C(=O)ONc1cccc2cccnc12. The highest BCUT2D eigenvalue weighted by Crippen LogP contribution is 2.20. The van der Waals surface area contributed by atoms with Gasteiger partial charge in [-0.1, -0.05) is 18.2 Å². The number of rotatable bonds is 6. The first-order valence-corrected chi connectivity index (χ1v) is 6.42. The standard InChI is InChI=1S/C14H16N4O3/c15-10(6-7-12(16)19)14(20)21-18-11-5-1-3-9-4-2-8-17-13(9)11/h1-5,8,10,18H,6-7,15H2,(H2,16,19)/t10-/m0/s1. The van der Waals surface area contributed by atoms with Crippen molar-refractivity contribution in [2.75, 3.05) is 5.48 Å². The van der Waals surface area contributed by atoms with Crippen LogP contribution in [0.5, 0.6) is 0 Å². The number of hydrogen-bond acceptors (Lipinski definition) is 6. The zero-order valence-electron chi connectivity index (χ0n) is 11.3. The van der Waals surface area contributed by atoms with Crippen LogP contribution in [0.3, 0.4) is 0 Å². The maximum Gasteiger partial charge on any atom is 0.348 e. The maximum atomic E-state index is 11.7. The van der Waals surface area contributed by atoms with Crippen molar-refractivity contribution in [2.45, 2.75) is 18.9 Å². The van der Waals surface area contributed by atoms with Gasteiger partial charge < -0.3 is 16.3 Å². The lowest BCUT2D eigenvalue weighted by Gasteiger charge is -2.12. The van der Waals surface area contributed by atoms with Crippen molar-refractivity contribution >= 4 is 28.5 Å². The molecule has 2 aromatic rings. The summed E-state index contributed by atoms with van der Waals surface area (Å²) in [6, 6.07) is 8.25. The Morgan fingerprint density at radius 2 is 2.05 bits per heavy atom. The number of amides is 1. The Morgan fingerprint density at radius 1 is 1.29 bits per heavy atom. The molecular weight excluding hydrogens is 272 g/mol. The summed E-state index contributed by atoms with van der Waals surface area (Å²) in [6.07, 6.45) is 1.82. The molecule has 0 aliphatic carbocycles. The first-order valence-electron chi connectivity index (χ1n) is 6.42. The summed E-state index contributed by atoms with van der Waals surface area (Å²) >= 11 is 0. The lowest BCUT2D eigenvalue weighted by Crippen LogP contribution is -2.34. The van der Waals surface area contributed by atoms with E-state index in [1.165, 1.54) is 0 Å². The molecule has 0 spiro atoms. The second-order valence-electron chi connectivity index (χ2n) is 4.52. The molecule has 110 valence electrons. The Morgan fingerprint density at radius 3 is 2.81 bits per heavy atom. The third-order valence-corrected chi connectivity index (χ3v) is 2.90. The summed E-state index contributed by atoms with van der Waals surface area (Å²) in [4.78, 5) is 31.5. The molecule has 0 radical (unpaired) electrons. The number of fused-ring (bicyclic) bond motifs is 1. The minimum atomic E-state index is -0.909. The predicted molar refractivity (Wildman–Crippen MR) is 77.9 cm³/mol. The molecule has 1 amide bonds. The Labute approximate surface area is 121 Å². The van der Waals surface area contributed by atoms with E-state index in [4.69, 9.17) is 16.3 Å². The Hall–Kier alpha value is -2.67. The van der Waals surface area contributed by atoms with Crippen LogP contribution in [0.15, 0.2) is 36.5 Å². The molecule has 0 bridgehead atoms. The van der Waals surface area contributed by atoms with Gasteiger partial charge in [-0.2, -0.15) is 0 Å². The average Bonchev–Trinajstić information content (AvgIpc) is 2.50. The lowest BCUT2D eigenvalue weighted by atomic mass is 10.2. The second-order valence-corrected chi connectivity index (χ2v) is 4.52. The van der Waals surface area contributed by atoms with Gasteiger partial charge in [-0.05, 0) is 18.6 Å². The van der Waals surface area contributed by atoms with Crippen molar-refractivity contribution in [1.29, 1.82) is 0 Å². The molecule has 2 rings (SSSR count). The van der Waals surface area contributed by atoms with E-state index in [-0.39, 0.29) is 12.8 Å². The van der Waals surface area contributed by atoms with Crippen LogP contribution in [0.2, 0.25) is 0 Å². The van der Waals surface area contributed by atoms with Crippen LogP contribution >= 0.6 is 0 Å². The highest BCUT2D eigenvalue weighted by Gasteiger charge is 2.16. The molecule has 7 heteroatoms. The van der Waals surface area contributed by atoms with Crippen molar-refractivity contribution in [3.63, 3.8) is 0 Å². The lowest BCUT2D eigenvalue weighted by molar-refractivity contribution is -0.142. The number of primary amides is 1. The van der Waals surface area contributed by atoms with Gasteiger partial charge in [0.2, 0.25) is 5.91 Å². The van der Waals surface area contributed by atoms with E-state index in [1.54, 1.807) is 12.3 Å². The van der Waals surface area contributed by atoms with Crippen LogP contribution in [0.4, 0.5) is 5.69 Å². The molecule has 21 heavy (non-hydrogen) atoms. The summed E-state index contributed by atoms with van der Waals surface area (Å²) in [5.74, 6) is -1.17. The van der Waals surface area contributed by atoms with Crippen LogP contribution in [0.1, 0.15) is 12.8 Å². The smallest absolute Gasteiger partial charge is 0.348 e. The Balaban J connectivity index is 1.98. The fourth-order valence-corrected chi connectivity index (χ4v) is 1.78. The second kappa shape index (κ2) is 6.67. The molecule has 0 unspecified atom stereocenters. The number of aromatic nitrogens is 1. The largest absolute Gasteiger partial charge is 0.370 e. The van der Waals surface area contributed by atoms with E-state index >= 15 is 0 Å². The highest BCUT2D eigenvalue weighted by molar-refractivity contribution is 5.90. The summed E-state index contributed by atoms with van der Waals surface area (Å²) < 4.78 is 0. The molecule has 1 atom stereocenters. The van der Waals surface area contributed by atoms with Crippen molar-refractivity contribution < 1.29 is 14.4 Å². The monoisotopic (exact) mass is 288 g/mol. The van der Waals surface area contributed by atoms with E-state index in [2.05, 4.69) is 10.5 Å². The maximum absolute atomic E-state index is 11.7. The number of carbonyl (C=O) groups excluding carboxylic acids is 2. The fraction of sp³-hybridized carbons (Fsp3) is 0.214. The van der Waals surface area contributed by atoms with Crippen LogP contribution < -0.4 is 16.9 Å². The fourth-order valence-electron chi connectivity index (χ4n) is 1.78. The van der Waals surface area contributed by atoms with Crippen molar-refractivity contribution in [1.82, 2.24) is 4.98 Å². The van der Waals surface area contributed by atoms with Gasteiger partial charge in [-0.15, -0.1) is 0 Å². The quantitative estimate of drug-likeness (QED) is 0.673. The number of hydrogen-bond donors (Lipinski definition) is 3.